The maximum absolute atomic E-state index is 13.1. The number of hydrogen-bond donors (Lipinski definition) is 3. The molecule has 0 fully saturated rings. The van der Waals surface area contributed by atoms with Gasteiger partial charge in [0.1, 0.15) is 19.3 Å². The second-order valence-electron chi connectivity index (χ2n) is 26.6. The van der Waals surface area contributed by atoms with Crippen LogP contribution in [-0.4, -0.2) is 96.7 Å². The summed E-state index contributed by atoms with van der Waals surface area (Å²) in [6, 6.07) is 0. The van der Waals surface area contributed by atoms with Crippen LogP contribution in [0.25, 0.3) is 0 Å². The van der Waals surface area contributed by atoms with Gasteiger partial charge in [0, 0.05) is 25.7 Å². The topological polar surface area (TPSA) is 237 Å². The molecule has 0 radical (unpaired) electrons. The van der Waals surface area contributed by atoms with Gasteiger partial charge >= 0.3 is 39.5 Å². The fourth-order valence-electron chi connectivity index (χ4n) is 10.7. The Morgan fingerprint density at radius 3 is 0.804 bits per heavy atom. The van der Waals surface area contributed by atoms with Gasteiger partial charge in [0.25, 0.3) is 0 Å². The second kappa shape index (κ2) is 75.0. The minimum absolute atomic E-state index is 0.0723. The van der Waals surface area contributed by atoms with Crippen molar-refractivity contribution in [2.24, 2.45) is 0 Å². The van der Waals surface area contributed by atoms with Crippen molar-refractivity contribution in [3.63, 3.8) is 0 Å². The number of carbonyl (C=O) groups excluding carboxylic acids is 4. The largest absolute Gasteiger partial charge is 0.472 e. The molecule has 0 aliphatic heterocycles. The van der Waals surface area contributed by atoms with E-state index in [1.165, 1.54) is 83.5 Å². The Hall–Kier alpha value is -4.28. The molecule has 0 aliphatic carbocycles. The van der Waals surface area contributed by atoms with Crippen molar-refractivity contribution in [2.75, 3.05) is 39.6 Å². The Kier molecular flexibility index (Phi) is 71.8. The van der Waals surface area contributed by atoms with E-state index in [1.807, 2.05) is 0 Å². The zero-order valence-corrected chi connectivity index (χ0v) is 66.0. The maximum atomic E-state index is 13.1. The first kappa shape index (κ1) is 97.7. The van der Waals surface area contributed by atoms with E-state index in [-0.39, 0.29) is 25.7 Å². The highest BCUT2D eigenvalue weighted by Gasteiger charge is 2.30. The molecule has 3 N–H and O–H groups in total. The third-order valence-corrected chi connectivity index (χ3v) is 18.6. The fourth-order valence-corrected chi connectivity index (χ4v) is 12.2. The van der Waals surface area contributed by atoms with E-state index in [0.29, 0.717) is 25.7 Å². The number of aliphatic hydroxyl groups is 1. The molecule has 0 saturated heterocycles. The molecule has 0 bridgehead atoms. The van der Waals surface area contributed by atoms with E-state index in [0.717, 1.165) is 173 Å². The van der Waals surface area contributed by atoms with Crippen LogP contribution < -0.4 is 0 Å². The molecule has 0 saturated carbocycles. The van der Waals surface area contributed by atoms with Crippen LogP contribution in [0.1, 0.15) is 336 Å². The van der Waals surface area contributed by atoms with Crippen LogP contribution in [0.2, 0.25) is 0 Å². The molecule has 17 nitrogen and oxygen atoms in total. The summed E-state index contributed by atoms with van der Waals surface area (Å²) in [5.74, 6) is -2.22. The summed E-state index contributed by atoms with van der Waals surface area (Å²) in [7, 11) is -9.97. The normalized spacial score (nSPS) is 14.5. The van der Waals surface area contributed by atoms with E-state index in [1.54, 1.807) is 0 Å². The number of ether oxygens (including phenoxy) is 4. The van der Waals surface area contributed by atoms with Crippen molar-refractivity contribution in [3.05, 3.63) is 109 Å². The van der Waals surface area contributed by atoms with E-state index >= 15 is 0 Å². The molecule has 19 heteroatoms. The molecule has 0 aliphatic rings. The van der Waals surface area contributed by atoms with Gasteiger partial charge in [-0.15, -0.1) is 0 Å². The molecule has 0 rings (SSSR count). The van der Waals surface area contributed by atoms with Crippen molar-refractivity contribution in [3.8, 4) is 0 Å². The van der Waals surface area contributed by atoms with Gasteiger partial charge in [-0.25, -0.2) is 9.13 Å². The molecule has 5 atom stereocenters. The smallest absolute Gasteiger partial charge is 0.462 e. The van der Waals surface area contributed by atoms with E-state index in [9.17, 15) is 43.2 Å². The third-order valence-electron chi connectivity index (χ3n) is 16.7. The molecule has 102 heavy (non-hydrogen) atoms. The van der Waals surface area contributed by atoms with Crippen LogP contribution >= 0.6 is 15.6 Å². The number of carbonyl (C=O) groups is 4. The lowest BCUT2D eigenvalue weighted by Gasteiger charge is -2.21. The first-order valence-corrected chi connectivity index (χ1v) is 43.1. The Morgan fingerprint density at radius 1 is 0.284 bits per heavy atom. The summed E-state index contributed by atoms with van der Waals surface area (Å²) in [6.07, 6.45) is 80.6. The van der Waals surface area contributed by atoms with Gasteiger partial charge in [0.2, 0.25) is 0 Å². The van der Waals surface area contributed by atoms with Crippen molar-refractivity contribution in [2.45, 2.75) is 354 Å². The molecule has 0 aromatic rings. The molecule has 0 heterocycles. The highest BCUT2D eigenvalue weighted by Crippen LogP contribution is 2.45. The highest BCUT2D eigenvalue weighted by atomic mass is 31.2. The summed E-state index contributed by atoms with van der Waals surface area (Å²) >= 11 is 0. The zero-order valence-electron chi connectivity index (χ0n) is 64.3. The number of phosphoric acid groups is 2. The predicted molar refractivity (Wildman–Crippen MR) is 418 cm³/mol. The molecule has 0 amide bonds. The predicted octanol–water partition coefficient (Wildman–Crippen LogP) is 23.3. The summed E-state index contributed by atoms with van der Waals surface area (Å²) < 4.78 is 68.6. The number of rotatable bonds is 75. The number of unbranched alkanes of at least 4 members (excludes halogenated alkanes) is 31. The van der Waals surface area contributed by atoms with Gasteiger partial charge in [0.15, 0.2) is 12.2 Å². The first-order valence-electron chi connectivity index (χ1n) is 40.1. The Balaban J connectivity index is 5.39. The minimum Gasteiger partial charge on any atom is -0.462 e. The van der Waals surface area contributed by atoms with Crippen LogP contribution in [-0.2, 0) is 65.4 Å². The highest BCUT2D eigenvalue weighted by molar-refractivity contribution is 7.47. The SMILES string of the molecule is CC/C=C\C/C=C\C/C=C\C/C=C\CCCCCCC(=O)OCC(COP(=O)(O)OCC(O)COP(=O)(O)OCC(COC(=O)CCCCCCC/C=C\C/C=C\C/C=C\CC)OC(=O)CCCCCCCCCCCCCCCCC)OC(=O)CCCCCCC/C=C\C/C=C\CCCCC. The second-order valence-corrected chi connectivity index (χ2v) is 29.5. The monoisotopic (exact) mass is 1470 g/mol. The van der Waals surface area contributed by atoms with E-state index < -0.39 is 97.5 Å². The van der Waals surface area contributed by atoms with Crippen molar-refractivity contribution in [1.82, 2.24) is 0 Å². The molecule has 0 aromatic carbocycles. The van der Waals surface area contributed by atoms with Crippen LogP contribution in [0.3, 0.4) is 0 Å². The summed E-state index contributed by atoms with van der Waals surface area (Å²) in [6.45, 7) is 4.60. The first-order chi connectivity index (χ1) is 49.7. The summed E-state index contributed by atoms with van der Waals surface area (Å²) in [4.78, 5) is 73.0. The minimum atomic E-state index is -4.99. The van der Waals surface area contributed by atoms with Crippen LogP contribution in [0.5, 0.6) is 0 Å². The number of allylic oxidation sites excluding steroid dienone is 18. The molecule has 588 valence electrons. The quantitative estimate of drug-likeness (QED) is 0.0169. The molecule has 0 aromatic heterocycles. The fraction of sp³-hybridized carbons (Fsp3) is 0.735. The van der Waals surface area contributed by atoms with Crippen molar-refractivity contribution in [1.29, 1.82) is 0 Å². The van der Waals surface area contributed by atoms with Gasteiger partial charge in [-0.1, -0.05) is 291 Å². The lowest BCUT2D eigenvalue weighted by atomic mass is 10.0. The maximum Gasteiger partial charge on any atom is 0.472 e. The van der Waals surface area contributed by atoms with E-state index in [4.69, 9.17) is 37.0 Å². The molecular weight excluding hydrogens is 1330 g/mol. The summed E-state index contributed by atoms with van der Waals surface area (Å²) in [5.41, 5.74) is 0. The van der Waals surface area contributed by atoms with Gasteiger partial charge in [-0.05, 0) is 128 Å². The Morgan fingerprint density at radius 2 is 0.510 bits per heavy atom. The number of hydrogen-bond acceptors (Lipinski definition) is 15. The number of esters is 4. The van der Waals surface area contributed by atoms with Gasteiger partial charge < -0.3 is 33.8 Å². The number of phosphoric ester groups is 2. The summed E-state index contributed by atoms with van der Waals surface area (Å²) in [5, 5.41) is 10.6. The number of aliphatic hydroxyl groups excluding tert-OH is 1. The lowest BCUT2D eigenvalue weighted by Crippen LogP contribution is -2.30. The lowest BCUT2D eigenvalue weighted by molar-refractivity contribution is -0.161. The Labute approximate surface area is 619 Å². The zero-order chi connectivity index (χ0) is 74.6. The average molecular weight is 1480 g/mol. The standard InChI is InChI=1S/C83H144O17P2/c1-5-9-13-17-21-25-29-33-37-38-42-44-48-52-56-60-64-68-81(86)94-74-79(100-83(88)70-66-62-58-54-50-46-41-36-32-28-24-20-16-12-8-4)76-98-102(91,92)96-72-77(84)71-95-101(89,90)97-75-78(99-82(87)69-65-61-57-53-49-45-40-35-31-27-23-19-15-11-7-3)73-93-80(85)67-63-59-55-51-47-43-39-34-30-26-22-18-14-10-6-2/h9-10,13-14,21-22,24-26,28,33-34,36-37,39,41-42,44,77-79,84H,5-8,11-12,15-20,23,27,29-32,35,38,40,43,45-76H2,1-4H3,(H,89,90)(H,91,92)/b13-9-,14-10-,25-21-,26-22-,28-24-,37-33-,39-34-,41-36-,44-42-. The molecular formula is C83H144O17P2. The molecule has 5 unspecified atom stereocenters. The van der Waals surface area contributed by atoms with Crippen LogP contribution in [0.15, 0.2) is 109 Å². The van der Waals surface area contributed by atoms with Crippen LogP contribution in [0, 0.1) is 0 Å². The van der Waals surface area contributed by atoms with Gasteiger partial charge in [-0.3, -0.25) is 37.3 Å². The van der Waals surface area contributed by atoms with Gasteiger partial charge in [-0.2, -0.15) is 0 Å². The molecule has 0 spiro atoms. The van der Waals surface area contributed by atoms with Crippen molar-refractivity contribution >= 4 is 39.5 Å². The average Bonchev–Trinajstić information content (AvgIpc) is 0.923. The van der Waals surface area contributed by atoms with Gasteiger partial charge in [0.05, 0.1) is 26.4 Å². The van der Waals surface area contributed by atoms with Crippen molar-refractivity contribution < 1.29 is 80.2 Å². The van der Waals surface area contributed by atoms with E-state index in [2.05, 4.69) is 137 Å². The Bertz CT molecular complexity index is 2360. The third kappa shape index (κ3) is 74.0. The van der Waals surface area contributed by atoms with Crippen LogP contribution in [0.4, 0.5) is 0 Å².